The van der Waals surface area contributed by atoms with Gasteiger partial charge in [0.05, 0.1) is 15.4 Å². The van der Waals surface area contributed by atoms with Gasteiger partial charge < -0.3 is 0 Å². The molecule has 7 heteroatoms. The van der Waals surface area contributed by atoms with Crippen LogP contribution in [0.1, 0.15) is 0 Å². The molecule has 0 aliphatic rings. The Hall–Kier alpha value is -2.41. The van der Waals surface area contributed by atoms with Crippen LogP contribution in [0.4, 0.5) is 11.4 Å². The van der Waals surface area contributed by atoms with Crippen molar-refractivity contribution in [2.24, 2.45) is 0 Å². The van der Waals surface area contributed by atoms with E-state index in [1.807, 2.05) is 0 Å². The lowest BCUT2D eigenvalue weighted by atomic mass is 10.0. The summed E-state index contributed by atoms with van der Waals surface area (Å²) in [6.45, 7) is 0. The summed E-state index contributed by atoms with van der Waals surface area (Å²) < 4.78 is 0. The summed E-state index contributed by atoms with van der Waals surface area (Å²) in [7, 11) is 0. The van der Waals surface area contributed by atoms with Crippen LogP contribution in [-0.2, 0) is 0 Å². The van der Waals surface area contributed by atoms with Crippen LogP contribution in [0.2, 0.25) is 0 Å². The van der Waals surface area contributed by atoms with Gasteiger partial charge in [0, 0.05) is 11.0 Å². The van der Waals surface area contributed by atoms with E-state index in [-0.39, 0.29) is 5.56 Å². The van der Waals surface area contributed by atoms with Crippen molar-refractivity contribution < 1.29 is 9.85 Å². The number of nitro benzene ring substituents is 2. The molecule has 96 valence electrons. The Morgan fingerprint density at radius 1 is 0.895 bits per heavy atom. The molecular formula is C12H8N2O4S. The molecule has 0 unspecified atom stereocenters. The first-order valence-electron chi connectivity index (χ1n) is 5.22. The third-order valence-electron chi connectivity index (χ3n) is 2.58. The first-order valence-corrected chi connectivity index (χ1v) is 5.67. The van der Waals surface area contributed by atoms with E-state index in [0.717, 1.165) is 6.07 Å². The third-order valence-corrected chi connectivity index (χ3v) is 2.95. The SMILES string of the molecule is O=[N+]([O-])c1ccc(S)c(-c2ccccc2)c1[N+](=O)[O-]. The van der Waals surface area contributed by atoms with E-state index >= 15 is 0 Å². The number of rotatable bonds is 3. The average Bonchev–Trinajstić information content (AvgIpc) is 2.38. The van der Waals surface area contributed by atoms with Gasteiger partial charge in [0.25, 0.3) is 0 Å². The lowest BCUT2D eigenvalue weighted by molar-refractivity contribution is -0.422. The second kappa shape index (κ2) is 5.07. The van der Waals surface area contributed by atoms with E-state index in [1.165, 1.54) is 6.07 Å². The van der Waals surface area contributed by atoms with Crippen LogP contribution in [0.25, 0.3) is 11.1 Å². The molecule has 19 heavy (non-hydrogen) atoms. The van der Waals surface area contributed by atoms with Gasteiger partial charge in [0.15, 0.2) is 0 Å². The minimum Gasteiger partial charge on any atom is -0.258 e. The zero-order chi connectivity index (χ0) is 14.0. The lowest BCUT2D eigenvalue weighted by Crippen LogP contribution is -1.99. The number of hydrogen-bond donors (Lipinski definition) is 1. The number of hydrogen-bond acceptors (Lipinski definition) is 5. The first-order chi connectivity index (χ1) is 9.02. The summed E-state index contributed by atoms with van der Waals surface area (Å²) >= 11 is 4.16. The Morgan fingerprint density at radius 3 is 2.05 bits per heavy atom. The fourth-order valence-electron chi connectivity index (χ4n) is 1.79. The molecule has 2 aromatic rings. The fourth-order valence-corrected chi connectivity index (χ4v) is 2.10. The summed E-state index contributed by atoms with van der Waals surface area (Å²) in [5.74, 6) is 0. The number of thiol groups is 1. The Bertz CT molecular complexity index is 658. The van der Waals surface area contributed by atoms with Crippen LogP contribution in [0.5, 0.6) is 0 Å². The largest absolute Gasteiger partial charge is 0.354 e. The predicted octanol–water partition coefficient (Wildman–Crippen LogP) is 3.46. The highest BCUT2D eigenvalue weighted by Gasteiger charge is 2.30. The molecule has 0 radical (unpaired) electrons. The third kappa shape index (κ3) is 2.41. The van der Waals surface area contributed by atoms with Gasteiger partial charge >= 0.3 is 11.4 Å². The van der Waals surface area contributed by atoms with Crippen molar-refractivity contribution >= 4 is 24.0 Å². The smallest absolute Gasteiger partial charge is 0.258 e. The monoisotopic (exact) mass is 276 g/mol. The molecule has 0 spiro atoms. The normalized spacial score (nSPS) is 10.2. The Balaban J connectivity index is 2.82. The molecule has 0 heterocycles. The van der Waals surface area contributed by atoms with Gasteiger partial charge in [-0.25, -0.2) is 0 Å². The summed E-state index contributed by atoms with van der Waals surface area (Å²) in [6.07, 6.45) is 0. The zero-order valence-electron chi connectivity index (χ0n) is 9.52. The topological polar surface area (TPSA) is 86.3 Å². The highest BCUT2D eigenvalue weighted by atomic mass is 32.1. The highest BCUT2D eigenvalue weighted by molar-refractivity contribution is 7.80. The van der Waals surface area contributed by atoms with Crippen LogP contribution in [0.15, 0.2) is 47.4 Å². The molecule has 0 saturated carbocycles. The van der Waals surface area contributed by atoms with E-state index in [0.29, 0.717) is 10.5 Å². The zero-order valence-corrected chi connectivity index (χ0v) is 10.4. The van der Waals surface area contributed by atoms with E-state index in [9.17, 15) is 20.2 Å². The summed E-state index contributed by atoms with van der Waals surface area (Å²) in [4.78, 5) is 20.8. The molecule has 6 nitrogen and oxygen atoms in total. The summed E-state index contributed by atoms with van der Waals surface area (Å²) in [5, 5.41) is 22.0. The summed E-state index contributed by atoms with van der Waals surface area (Å²) in [6, 6.07) is 10.9. The number of benzene rings is 2. The van der Waals surface area contributed by atoms with Gasteiger partial charge in [-0.2, -0.15) is 0 Å². The maximum atomic E-state index is 11.1. The minimum absolute atomic E-state index is 0.156. The maximum Gasteiger partial charge on any atom is 0.354 e. The van der Waals surface area contributed by atoms with Crippen molar-refractivity contribution in [2.75, 3.05) is 0 Å². The van der Waals surface area contributed by atoms with E-state index in [4.69, 9.17) is 0 Å². The van der Waals surface area contributed by atoms with E-state index in [2.05, 4.69) is 12.6 Å². The average molecular weight is 276 g/mol. The van der Waals surface area contributed by atoms with Crippen LogP contribution >= 0.6 is 12.6 Å². The standard InChI is InChI=1S/C12H8N2O4S/c15-13(16)9-6-7-10(19)11(12(9)14(17)18)8-4-2-1-3-5-8/h1-7,19H. The second-order valence-electron chi connectivity index (χ2n) is 3.71. The van der Waals surface area contributed by atoms with Crippen molar-refractivity contribution in [2.45, 2.75) is 4.90 Å². The molecule has 0 N–H and O–H groups in total. The Morgan fingerprint density at radius 2 is 1.53 bits per heavy atom. The van der Waals surface area contributed by atoms with Crippen LogP contribution in [0, 0.1) is 20.2 Å². The molecule has 0 aromatic heterocycles. The molecular weight excluding hydrogens is 268 g/mol. The fraction of sp³-hybridized carbons (Fsp3) is 0. The first kappa shape index (κ1) is 13.0. The second-order valence-corrected chi connectivity index (χ2v) is 4.19. The van der Waals surface area contributed by atoms with Gasteiger partial charge in [-0.05, 0) is 11.6 Å². The molecule has 0 fully saturated rings. The van der Waals surface area contributed by atoms with Gasteiger partial charge in [0.1, 0.15) is 0 Å². The lowest BCUT2D eigenvalue weighted by Gasteiger charge is -2.06. The van der Waals surface area contributed by atoms with Gasteiger partial charge in [0.2, 0.25) is 0 Å². The van der Waals surface area contributed by atoms with Crippen molar-refractivity contribution in [3.05, 3.63) is 62.7 Å². The van der Waals surface area contributed by atoms with Crippen LogP contribution in [0.3, 0.4) is 0 Å². The maximum absolute atomic E-state index is 11.1. The van der Waals surface area contributed by atoms with Gasteiger partial charge in [-0.1, -0.05) is 30.3 Å². The van der Waals surface area contributed by atoms with Crippen molar-refractivity contribution in [1.29, 1.82) is 0 Å². The molecule has 0 amide bonds. The number of nitro groups is 2. The Labute approximate surface area is 113 Å². The molecule has 0 aliphatic heterocycles. The molecule has 2 aromatic carbocycles. The van der Waals surface area contributed by atoms with Crippen molar-refractivity contribution in [1.82, 2.24) is 0 Å². The van der Waals surface area contributed by atoms with Crippen LogP contribution < -0.4 is 0 Å². The van der Waals surface area contributed by atoms with Crippen molar-refractivity contribution in [3.8, 4) is 11.1 Å². The quantitative estimate of drug-likeness (QED) is 0.528. The van der Waals surface area contributed by atoms with E-state index in [1.54, 1.807) is 30.3 Å². The molecule has 0 saturated heterocycles. The molecule has 0 bridgehead atoms. The molecule has 2 rings (SSSR count). The van der Waals surface area contributed by atoms with Crippen molar-refractivity contribution in [3.63, 3.8) is 0 Å². The number of nitrogens with zero attached hydrogens (tertiary/aromatic N) is 2. The van der Waals surface area contributed by atoms with Gasteiger partial charge in [-0.3, -0.25) is 20.2 Å². The van der Waals surface area contributed by atoms with Crippen LogP contribution in [-0.4, -0.2) is 9.85 Å². The summed E-state index contributed by atoms with van der Waals surface area (Å²) in [5.41, 5.74) is -0.406. The Kier molecular flexibility index (Phi) is 3.48. The van der Waals surface area contributed by atoms with E-state index < -0.39 is 21.2 Å². The predicted molar refractivity (Wildman–Crippen MR) is 72.4 cm³/mol. The molecule has 0 atom stereocenters. The molecule has 0 aliphatic carbocycles. The van der Waals surface area contributed by atoms with Gasteiger partial charge in [-0.15, -0.1) is 12.6 Å². The minimum atomic E-state index is -0.766. The highest BCUT2D eigenvalue weighted by Crippen LogP contribution is 2.41.